The van der Waals surface area contributed by atoms with Crippen LogP contribution in [0.4, 0.5) is 4.39 Å². The molecule has 0 fully saturated rings. The lowest BCUT2D eigenvalue weighted by molar-refractivity contribution is 0.619. The van der Waals surface area contributed by atoms with E-state index < -0.39 is 0 Å². The zero-order chi connectivity index (χ0) is 12.6. The molecule has 1 atom stereocenters. The van der Waals surface area contributed by atoms with Crippen molar-refractivity contribution in [2.24, 2.45) is 0 Å². The Bertz CT molecular complexity index is 531. The van der Waals surface area contributed by atoms with Gasteiger partial charge in [-0.3, -0.25) is 0 Å². The van der Waals surface area contributed by atoms with E-state index in [2.05, 4.69) is 53.9 Å². The highest BCUT2D eigenvalue weighted by atomic mass is 79.9. The Labute approximate surface area is 129 Å². The fourth-order valence-corrected chi connectivity index (χ4v) is 3.96. The molecule has 2 rings (SSSR count). The number of thiophene rings is 1. The predicted octanol–water partition coefficient (Wildman–Crippen LogP) is 6.20. The fourth-order valence-electron chi connectivity index (χ4n) is 1.44. The Morgan fingerprint density at radius 2 is 1.94 bits per heavy atom. The molecule has 0 bridgehead atoms. The fraction of sp³-hybridized carbons (Fsp3) is 0.167. The molecule has 2 aromatic rings. The topological polar surface area (TPSA) is 0 Å². The van der Waals surface area contributed by atoms with E-state index in [1.165, 1.54) is 5.56 Å². The molecule has 90 valence electrons. The van der Waals surface area contributed by atoms with Crippen LogP contribution in [0.15, 0.2) is 32.5 Å². The van der Waals surface area contributed by atoms with E-state index in [0.717, 1.165) is 14.2 Å². The lowest BCUT2D eigenvalue weighted by Crippen LogP contribution is -1.91. The van der Waals surface area contributed by atoms with Crippen LogP contribution in [0.5, 0.6) is 0 Å². The molecule has 0 radical (unpaired) electrons. The van der Waals surface area contributed by atoms with E-state index in [1.54, 1.807) is 23.5 Å². The summed E-state index contributed by atoms with van der Waals surface area (Å²) in [6.07, 6.45) is 0. The molecular weight excluding hydrogens is 435 g/mol. The van der Waals surface area contributed by atoms with Gasteiger partial charge in [0.15, 0.2) is 0 Å². The number of halogens is 4. The van der Waals surface area contributed by atoms with E-state index in [9.17, 15) is 4.39 Å². The summed E-state index contributed by atoms with van der Waals surface area (Å²) in [4.78, 5) is 1.19. The highest BCUT2D eigenvalue weighted by molar-refractivity contribution is 9.11. The largest absolute Gasteiger partial charge is 0.206 e. The van der Waals surface area contributed by atoms with Crippen molar-refractivity contribution in [2.45, 2.75) is 11.8 Å². The molecule has 0 amide bonds. The van der Waals surface area contributed by atoms with Gasteiger partial charge in [-0.1, -0.05) is 22.0 Å². The number of aryl methyl sites for hydroxylation is 1. The Kier molecular flexibility index (Phi) is 4.45. The van der Waals surface area contributed by atoms with Gasteiger partial charge in [-0.2, -0.15) is 0 Å². The zero-order valence-corrected chi connectivity index (χ0v) is 14.4. The number of alkyl halides is 1. The van der Waals surface area contributed by atoms with Crippen molar-refractivity contribution in [1.82, 2.24) is 0 Å². The summed E-state index contributed by atoms with van der Waals surface area (Å²) < 4.78 is 15.1. The summed E-state index contributed by atoms with van der Waals surface area (Å²) in [6, 6.07) is 7.30. The van der Waals surface area contributed by atoms with Crippen LogP contribution < -0.4 is 0 Å². The highest BCUT2D eigenvalue weighted by Crippen LogP contribution is 2.39. The molecule has 0 aliphatic carbocycles. The lowest BCUT2D eigenvalue weighted by Gasteiger charge is -2.08. The van der Waals surface area contributed by atoms with Crippen molar-refractivity contribution in [3.8, 4) is 0 Å². The van der Waals surface area contributed by atoms with Crippen molar-refractivity contribution in [2.75, 3.05) is 0 Å². The third-order valence-electron chi connectivity index (χ3n) is 2.36. The van der Waals surface area contributed by atoms with Crippen molar-refractivity contribution in [3.05, 3.63) is 54.3 Å². The van der Waals surface area contributed by atoms with Gasteiger partial charge in [0.2, 0.25) is 0 Å². The molecule has 0 aliphatic heterocycles. The molecule has 1 unspecified atom stereocenters. The average molecular weight is 443 g/mol. The number of benzene rings is 1. The number of hydrogen-bond donors (Lipinski definition) is 0. The van der Waals surface area contributed by atoms with Crippen molar-refractivity contribution < 1.29 is 4.39 Å². The molecule has 1 heterocycles. The molecule has 5 heteroatoms. The van der Waals surface area contributed by atoms with Crippen LogP contribution >= 0.6 is 59.1 Å². The van der Waals surface area contributed by atoms with Gasteiger partial charge >= 0.3 is 0 Å². The minimum Gasteiger partial charge on any atom is -0.206 e. The van der Waals surface area contributed by atoms with Crippen LogP contribution in [0.2, 0.25) is 0 Å². The Morgan fingerprint density at radius 1 is 1.24 bits per heavy atom. The first-order valence-electron chi connectivity index (χ1n) is 4.84. The summed E-state index contributed by atoms with van der Waals surface area (Å²) in [5.41, 5.74) is 2.12. The summed E-state index contributed by atoms with van der Waals surface area (Å²) in [5.74, 6) is -0.237. The maximum absolute atomic E-state index is 13.5. The Hall–Kier alpha value is 0.290. The first-order valence-corrected chi connectivity index (χ1v) is 8.15. The standard InChI is InChI=1S/C12H8Br3FS/c1-6-4-10(17-12(6)15)11(14)7-2-3-8(13)9(16)5-7/h2-5,11H,1H3. The van der Waals surface area contributed by atoms with Gasteiger partial charge in [-0.25, -0.2) is 4.39 Å². The molecule has 0 nitrogen and oxygen atoms in total. The summed E-state index contributed by atoms with van der Waals surface area (Å²) in [7, 11) is 0. The first-order chi connectivity index (χ1) is 7.99. The molecule has 0 spiro atoms. The van der Waals surface area contributed by atoms with E-state index >= 15 is 0 Å². The van der Waals surface area contributed by atoms with Gasteiger partial charge in [0.25, 0.3) is 0 Å². The van der Waals surface area contributed by atoms with Crippen LogP contribution in [0.1, 0.15) is 20.8 Å². The van der Waals surface area contributed by atoms with Gasteiger partial charge in [0.05, 0.1) is 13.1 Å². The van der Waals surface area contributed by atoms with Crippen molar-refractivity contribution in [3.63, 3.8) is 0 Å². The van der Waals surface area contributed by atoms with E-state index in [0.29, 0.717) is 4.47 Å². The molecule has 1 aromatic carbocycles. The summed E-state index contributed by atoms with van der Waals surface area (Å²) in [5, 5.41) is 0. The van der Waals surface area contributed by atoms with E-state index in [-0.39, 0.29) is 10.6 Å². The first kappa shape index (κ1) is 13.7. The predicted molar refractivity (Wildman–Crippen MR) is 81.6 cm³/mol. The second kappa shape index (κ2) is 5.51. The van der Waals surface area contributed by atoms with Crippen LogP contribution in [-0.4, -0.2) is 0 Å². The number of rotatable bonds is 2. The van der Waals surface area contributed by atoms with Gasteiger partial charge in [-0.15, -0.1) is 11.3 Å². The van der Waals surface area contributed by atoms with Crippen molar-refractivity contribution >= 4 is 59.1 Å². The Morgan fingerprint density at radius 3 is 2.47 bits per heavy atom. The highest BCUT2D eigenvalue weighted by Gasteiger charge is 2.15. The average Bonchev–Trinajstić information content (AvgIpc) is 2.62. The van der Waals surface area contributed by atoms with Gasteiger partial charge < -0.3 is 0 Å². The van der Waals surface area contributed by atoms with Crippen LogP contribution in [0.3, 0.4) is 0 Å². The molecule has 17 heavy (non-hydrogen) atoms. The Balaban J connectivity index is 2.36. The second-order valence-electron chi connectivity index (χ2n) is 3.64. The summed E-state index contributed by atoms with van der Waals surface area (Å²) >= 11 is 11.9. The maximum atomic E-state index is 13.5. The molecule has 0 saturated carbocycles. The van der Waals surface area contributed by atoms with Crippen molar-refractivity contribution in [1.29, 1.82) is 0 Å². The van der Waals surface area contributed by atoms with Crippen LogP contribution in [-0.2, 0) is 0 Å². The van der Waals surface area contributed by atoms with Gasteiger partial charge in [0, 0.05) is 4.88 Å². The van der Waals surface area contributed by atoms with E-state index in [1.807, 2.05) is 13.0 Å². The van der Waals surface area contributed by atoms with Gasteiger partial charge in [0.1, 0.15) is 5.82 Å². The zero-order valence-electron chi connectivity index (χ0n) is 8.81. The lowest BCUT2D eigenvalue weighted by atomic mass is 10.1. The van der Waals surface area contributed by atoms with Crippen LogP contribution in [0, 0.1) is 12.7 Å². The third-order valence-corrected chi connectivity index (χ3v) is 6.53. The second-order valence-corrected chi connectivity index (χ2v) is 7.81. The molecule has 0 aliphatic rings. The SMILES string of the molecule is Cc1cc(C(Br)c2ccc(Br)c(F)c2)sc1Br. The molecule has 1 aromatic heterocycles. The molecule has 0 saturated heterocycles. The quantitative estimate of drug-likeness (QED) is 0.485. The maximum Gasteiger partial charge on any atom is 0.137 e. The minimum atomic E-state index is -0.237. The normalized spacial score (nSPS) is 12.8. The number of hydrogen-bond acceptors (Lipinski definition) is 1. The molecule has 0 N–H and O–H groups in total. The minimum absolute atomic E-state index is 0.0279. The van der Waals surface area contributed by atoms with Gasteiger partial charge in [-0.05, 0) is 68.1 Å². The smallest absolute Gasteiger partial charge is 0.137 e. The van der Waals surface area contributed by atoms with Crippen LogP contribution in [0.25, 0.3) is 0 Å². The third kappa shape index (κ3) is 3.00. The molecular formula is C12H8Br3FS. The summed E-state index contributed by atoms with van der Waals surface area (Å²) in [6.45, 7) is 2.05. The van der Waals surface area contributed by atoms with E-state index in [4.69, 9.17) is 0 Å². The monoisotopic (exact) mass is 440 g/mol.